The van der Waals surface area contributed by atoms with Gasteiger partial charge in [-0.1, -0.05) is 0 Å². The molecule has 1 heterocycles. The largest absolute Gasteiger partial charge is 0.360 e. The van der Waals surface area contributed by atoms with Crippen LogP contribution in [0.5, 0.6) is 0 Å². The average molecular weight is 149 g/mol. The quantitative estimate of drug-likeness (QED) is 0.261. The molecule has 0 radical (unpaired) electrons. The Kier molecular flexibility index (Phi) is 1.50. The molecule has 5 heteroatoms. The van der Waals surface area contributed by atoms with Gasteiger partial charge >= 0.3 is 0 Å². The van der Waals surface area contributed by atoms with E-state index in [1.54, 1.807) is 0 Å². The van der Waals surface area contributed by atoms with Crippen LogP contribution in [0.2, 0.25) is 0 Å². The van der Waals surface area contributed by atoms with Gasteiger partial charge in [0.1, 0.15) is 0 Å². The van der Waals surface area contributed by atoms with E-state index in [2.05, 4.69) is 0 Å². The second-order valence-electron chi connectivity index (χ2n) is 2.64. The Balaban J connectivity index is 2.66. The summed E-state index contributed by atoms with van der Waals surface area (Å²) in [7, 11) is 0. The smallest absolute Gasteiger partial charge is 0.281 e. The Labute approximate surface area is 58.1 Å². The molecule has 0 aromatic heterocycles. The van der Waals surface area contributed by atoms with Crippen molar-refractivity contribution < 1.29 is 20.4 Å². The summed E-state index contributed by atoms with van der Waals surface area (Å²) >= 11 is 0. The summed E-state index contributed by atoms with van der Waals surface area (Å²) in [6.07, 6.45) is 0. The SMILES string of the molecule is CC(O)(O)C(O)(O)N1CC1. The Morgan fingerprint density at radius 2 is 1.50 bits per heavy atom. The van der Waals surface area contributed by atoms with Crippen LogP contribution in [-0.4, -0.2) is 50.1 Å². The molecule has 10 heavy (non-hydrogen) atoms. The number of aliphatic hydroxyl groups is 4. The molecule has 1 fully saturated rings. The van der Waals surface area contributed by atoms with E-state index in [0.717, 1.165) is 11.8 Å². The lowest BCUT2D eigenvalue weighted by Gasteiger charge is -2.32. The second-order valence-corrected chi connectivity index (χ2v) is 2.64. The first kappa shape index (κ1) is 7.90. The van der Waals surface area contributed by atoms with Crippen LogP contribution >= 0.6 is 0 Å². The van der Waals surface area contributed by atoms with Gasteiger partial charge in [-0.25, -0.2) is 4.90 Å². The summed E-state index contributed by atoms with van der Waals surface area (Å²) in [4.78, 5) is 1.13. The van der Waals surface area contributed by atoms with Gasteiger partial charge in [-0.05, 0) is 6.92 Å². The van der Waals surface area contributed by atoms with Crippen molar-refractivity contribution in [1.29, 1.82) is 0 Å². The summed E-state index contributed by atoms with van der Waals surface area (Å²) in [6.45, 7) is 1.87. The molecule has 0 atom stereocenters. The van der Waals surface area contributed by atoms with Crippen molar-refractivity contribution in [2.45, 2.75) is 18.6 Å². The maximum Gasteiger partial charge on any atom is 0.281 e. The molecule has 0 spiro atoms. The van der Waals surface area contributed by atoms with Crippen LogP contribution in [0.3, 0.4) is 0 Å². The Hall–Kier alpha value is -0.200. The van der Waals surface area contributed by atoms with E-state index in [9.17, 15) is 0 Å². The molecular formula is C5H11NO4. The number of nitrogens with zero attached hydrogens (tertiary/aromatic N) is 1. The zero-order chi connectivity index (χ0) is 7.99. The number of hydrogen-bond acceptors (Lipinski definition) is 5. The van der Waals surface area contributed by atoms with Crippen molar-refractivity contribution in [3.8, 4) is 0 Å². The van der Waals surface area contributed by atoms with Crippen LogP contribution in [0, 0.1) is 0 Å². The molecule has 0 amide bonds. The third-order valence-corrected chi connectivity index (χ3v) is 1.52. The molecule has 0 bridgehead atoms. The van der Waals surface area contributed by atoms with Gasteiger partial charge in [0, 0.05) is 13.1 Å². The maximum absolute atomic E-state index is 8.97. The van der Waals surface area contributed by atoms with Crippen molar-refractivity contribution in [2.75, 3.05) is 13.1 Å². The van der Waals surface area contributed by atoms with Crippen molar-refractivity contribution in [1.82, 2.24) is 4.90 Å². The molecule has 60 valence electrons. The Morgan fingerprint density at radius 1 is 1.10 bits per heavy atom. The van der Waals surface area contributed by atoms with Crippen LogP contribution in [0.25, 0.3) is 0 Å². The topological polar surface area (TPSA) is 83.9 Å². The molecule has 1 rings (SSSR count). The number of hydrogen-bond donors (Lipinski definition) is 4. The monoisotopic (exact) mass is 149 g/mol. The van der Waals surface area contributed by atoms with Crippen molar-refractivity contribution in [3.63, 3.8) is 0 Å². The van der Waals surface area contributed by atoms with E-state index >= 15 is 0 Å². The van der Waals surface area contributed by atoms with E-state index in [1.807, 2.05) is 0 Å². The van der Waals surface area contributed by atoms with Gasteiger partial charge in [-0.3, -0.25) is 0 Å². The molecule has 4 N–H and O–H groups in total. The molecule has 0 aliphatic carbocycles. The lowest BCUT2D eigenvalue weighted by atomic mass is 10.2. The predicted molar refractivity (Wildman–Crippen MR) is 31.6 cm³/mol. The maximum atomic E-state index is 8.97. The standard InChI is InChI=1S/C5H11NO4/c1-4(7,8)5(9,10)6-2-3-6/h7-10H,2-3H2,1H3. The van der Waals surface area contributed by atoms with Crippen LogP contribution < -0.4 is 0 Å². The van der Waals surface area contributed by atoms with Gasteiger partial charge in [-0.15, -0.1) is 0 Å². The van der Waals surface area contributed by atoms with E-state index < -0.39 is 11.7 Å². The predicted octanol–water partition coefficient (Wildman–Crippen LogP) is -2.36. The minimum atomic E-state index is -2.51. The minimum absolute atomic E-state index is 0.476. The number of rotatable bonds is 2. The fourth-order valence-electron chi connectivity index (χ4n) is 0.661. The van der Waals surface area contributed by atoms with E-state index in [4.69, 9.17) is 20.4 Å². The highest BCUT2D eigenvalue weighted by molar-refractivity contribution is 4.87. The third kappa shape index (κ3) is 1.14. The normalized spacial score (nSPS) is 21.3. The van der Waals surface area contributed by atoms with Crippen molar-refractivity contribution in [3.05, 3.63) is 0 Å². The molecule has 0 saturated carbocycles. The van der Waals surface area contributed by atoms with Crippen LogP contribution in [0.1, 0.15) is 6.92 Å². The lowest BCUT2D eigenvalue weighted by Crippen LogP contribution is -2.57. The zero-order valence-corrected chi connectivity index (χ0v) is 5.65. The summed E-state index contributed by atoms with van der Waals surface area (Å²) in [5, 5.41) is 35.5. The van der Waals surface area contributed by atoms with Gasteiger partial charge in [0.25, 0.3) is 5.91 Å². The molecule has 0 unspecified atom stereocenters. The third-order valence-electron chi connectivity index (χ3n) is 1.52. The molecule has 0 aromatic carbocycles. The molecule has 1 aliphatic rings. The molecule has 1 saturated heterocycles. The first-order chi connectivity index (χ1) is 4.36. The summed E-state index contributed by atoms with van der Waals surface area (Å²) in [6, 6.07) is 0. The zero-order valence-electron chi connectivity index (χ0n) is 5.65. The Bertz CT molecular complexity index is 135. The summed E-state index contributed by atoms with van der Waals surface area (Å²) in [5.41, 5.74) is 0. The average Bonchev–Trinajstić information content (AvgIpc) is 2.38. The van der Waals surface area contributed by atoms with Crippen molar-refractivity contribution >= 4 is 0 Å². The minimum Gasteiger partial charge on any atom is -0.360 e. The van der Waals surface area contributed by atoms with Gasteiger partial charge in [-0.2, -0.15) is 0 Å². The summed E-state index contributed by atoms with van der Waals surface area (Å²) in [5.74, 6) is -4.99. The van der Waals surface area contributed by atoms with E-state index in [-0.39, 0.29) is 0 Å². The van der Waals surface area contributed by atoms with Crippen molar-refractivity contribution in [2.24, 2.45) is 0 Å². The van der Waals surface area contributed by atoms with Gasteiger partial charge < -0.3 is 20.4 Å². The van der Waals surface area contributed by atoms with Crippen LogP contribution in [-0.2, 0) is 0 Å². The highest BCUT2D eigenvalue weighted by atomic mass is 16.6. The van der Waals surface area contributed by atoms with E-state index in [0.29, 0.717) is 13.1 Å². The molecule has 1 aliphatic heterocycles. The molecule has 5 nitrogen and oxygen atoms in total. The highest BCUT2D eigenvalue weighted by Crippen LogP contribution is 2.26. The molecule has 0 aromatic rings. The first-order valence-corrected chi connectivity index (χ1v) is 3.00. The Morgan fingerprint density at radius 3 is 1.60 bits per heavy atom. The fourth-order valence-corrected chi connectivity index (χ4v) is 0.661. The van der Waals surface area contributed by atoms with Gasteiger partial charge in [0.05, 0.1) is 0 Å². The summed E-state index contributed by atoms with van der Waals surface area (Å²) < 4.78 is 0. The highest BCUT2D eigenvalue weighted by Gasteiger charge is 2.52. The van der Waals surface area contributed by atoms with Gasteiger partial charge in [0.2, 0.25) is 5.79 Å². The molecular weight excluding hydrogens is 138 g/mol. The lowest BCUT2D eigenvalue weighted by molar-refractivity contribution is -0.386. The van der Waals surface area contributed by atoms with Crippen LogP contribution in [0.4, 0.5) is 0 Å². The van der Waals surface area contributed by atoms with Gasteiger partial charge in [0.15, 0.2) is 0 Å². The van der Waals surface area contributed by atoms with E-state index in [1.165, 1.54) is 0 Å². The van der Waals surface area contributed by atoms with Crippen LogP contribution in [0.15, 0.2) is 0 Å². The fraction of sp³-hybridized carbons (Fsp3) is 1.00. The first-order valence-electron chi connectivity index (χ1n) is 3.00. The second kappa shape index (κ2) is 1.90.